The highest BCUT2D eigenvalue weighted by Crippen LogP contribution is 2.14. The fraction of sp³-hybridized carbons (Fsp3) is 0.294. The van der Waals surface area contributed by atoms with Crippen LogP contribution in [0.3, 0.4) is 0 Å². The first-order valence-electron chi connectivity index (χ1n) is 6.75. The van der Waals surface area contributed by atoms with Gasteiger partial charge in [0.25, 0.3) is 0 Å². The Morgan fingerprint density at radius 1 is 0.789 bits per heavy atom. The van der Waals surface area contributed by atoms with Crippen molar-refractivity contribution in [2.75, 3.05) is 13.2 Å². The molecular formula is C17H20O2. The van der Waals surface area contributed by atoms with E-state index in [1.54, 1.807) is 0 Å². The van der Waals surface area contributed by atoms with Gasteiger partial charge in [-0.3, -0.25) is 0 Å². The zero-order valence-corrected chi connectivity index (χ0v) is 11.1. The van der Waals surface area contributed by atoms with Crippen molar-refractivity contribution in [3.8, 4) is 5.75 Å². The van der Waals surface area contributed by atoms with E-state index in [0.29, 0.717) is 6.61 Å². The summed E-state index contributed by atoms with van der Waals surface area (Å²) in [4.78, 5) is 0. The Morgan fingerprint density at radius 2 is 1.42 bits per heavy atom. The summed E-state index contributed by atoms with van der Waals surface area (Å²) in [5.41, 5.74) is 2.72. The molecule has 0 atom stereocenters. The van der Waals surface area contributed by atoms with Gasteiger partial charge in [-0.25, -0.2) is 0 Å². The maximum Gasteiger partial charge on any atom is 0.119 e. The smallest absolute Gasteiger partial charge is 0.119 e. The van der Waals surface area contributed by atoms with Crippen molar-refractivity contribution in [3.63, 3.8) is 0 Å². The molecule has 0 amide bonds. The molecule has 0 bridgehead atoms. The van der Waals surface area contributed by atoms with Crippen LogP contribution >= 0.6 is 0 Å². The lowest BCUT2D eigenvalue weighted by Gasteiger charge is -2.06. The summed E-state index contributed by atoms with van der Waals surface area (Å²) in [6.45, 7) is 0.409. The first kappa shape index (κ1) is 13.6. The molecule has 0 aromatic heterocycles. The highest BCUT2D eigenvalue weighted by atomic mass is 16.5. The largest absolute Gasteiger partial charge is 0.491 e. The molecule has 0 aliphatic carbocycles. The summed E-state index contributed by atoms with van der Waals surface area (Å²) in [5.74, 6) is 0.820. The molecule has 100 valence electrons. The van der Waals surface area contributed by atoms with Crippen molar-refractivity contribution in [1.29, 1.82) is 0 Å². The number of aliphatic hydroxyl groups is 1. The summed E-state index contributed by atoms with van der Waals surface area (Å²) >= 11 is 0. The van der Waals surface area contributed by atoms with Crippen LogP contribution in [-0.2, 0) is 12.8 Å². The molecule has 19 heavy (non-hydrogen) atoms. The Morgan fingerprint density at radius 3 is 2.05 bits per heavy atom. The Bertz CT molecular complexity index is 462. The zero-order valence-electron chi connectivity index (χ0n) is 11.1. The minimum absolute atomic E-state index is 0.0544. The molecule has 2 rings (SSSR count). The van der Waals surface area contributed by atoms with Crippen molar-refractivity contribution in [3.05, 3.63) is 65.7 Å². The molecule has 0 fully saturated rings. The number of benzene rings is 2. The molecule has 0 aliphatic heterocycles. The predicted octanol–water partition coefficient (Wildman–Crippen LogP) is 3.23. The second-order valence-corrected chi connectivity index (χ2v) is 4.56. The Kier molecular flexibility index (Phi) is 5.45. The van der Waals surface area contributed by atoms with E-state index in [1.807, 2.05) is 12.1 Å². The average Bonchev–Trinajstić information content (AvgIpc) is 2.47. The molecule has 0 spiro atoms. The van der Waals surface area contributed by atoms with E-state index in [0.717, 1.165) is 25.0 Å². The van der Waals surface area contributed by atoms with Crippen LogP contribution in [0, 0.1) is 0 Å². The molecule has 0 saturated heterocycles. The van der Waals surface area contributed by atoms with Crippen molar-refractivity contribution in [2.24, 2.45) is 0 Å². The molecule has 2 aromatic rings. The summed E-state index contributed by atoms with van der Waals surface area (Å²) in [6.07, 6.45) is 3.35. The third-order valence-electron chi connectivity index (χ3n) is 3.06. The van der Waals surface area contributed by atoms with Gasteiger partial charge in [-0.15, -0.1) is 0 Å². The maximum atomic E-state index is 8.68. The second kappa shape index (κ2) is 7.59. The van der Waals surface area contributed by atoms with Gasteiger partial charge < -0.3 is 9.84 Å². The van der Waals surface area contributed by atoms with Crippen LogP contribution in [0.5, 0.6) is 5.75 Å². The Labute approximate surface area is 114 Å². The molecule has 0 radical (unpaired) electrons. The van der Waals surface area contributed by atoms with Crippen molar-refractivity contribution < 1.29 is 9.84 Å². The molecule has 2 nitrogen and oxygen atoms in total. The second-order valence-electron chi connectivity index (χ2n) is 4.56. The van der Waals surface area contributed by atoms with Crippen LogP contribution in [0.4, 0.5) is 0 Å². The standard InChI is InChI=1S/C17H20O2/c18-13-14-19-17-11-9-16(10-12-17)8-4-7-15-5-2-1-3-6-15/h1-3,5-6,9-12,18H,4,7-8,13-14H2. The minimum atomic E-state index is 0.0544. The van der Waals surface area contributed by atoms with Crippen LogP contribution < -0.4 is 4.74 Å². The van der Waals surface area contributed by atoms with Gasteiger partial charge in [0, 0.05) is 0 Å². The fourth-order valence-corrected chi connectivity index (χ4v) is 2.06. The first-order valence-corrected chi connectivity index (χ1v) is 6.75. The molecular weight excluding hydrogens is 236 g/mol. The van der Waals surface area contributed by atoms with Crippen LogP contribution in [0.1, 0.15) is 17.5 Å². The third kappa shape index (κ3) is 4.76. The molecule has 0 aliphatic rings. The molecule has 0 saturated carbocycles. The lowest BCUT2D eigenvalue weighted by molar-refractivity contribution is 0.201. The normalized spacial score (nSPS) is 10.4. The minimum Gasteiger partial charge on any atom is -0.491 e. The highest BCUT2D eigenvalue weighted by Gasteiger charge is 1.97. The van der Waals surface area contributed by atoms with Crippen LogP contribution in [0.15, 0.2) is 54.6 Å². The van der Waals surface area contributed by atoms with Crippen LogP contribution in [0.25, 0.3) is 0 Å². The topological polar surface area (TPSA) is 29.5 Å². The van der Waals surface area contributed by atoms with Gasteiger partial charge in [0.2, 0.25) is 0 Å². The number of hydrogen-bond donors (Lipinski definition) is 1. The van der Waals surface area contributed by atoms with E-state index in [2.05, 4.69) is 42.5 Å². The third-order valence-corrected chi connectivity index (χ3v) is 3.06. The van der Waals surface area contributed by atoms with Crippen LogP contribution in [0.2, 0.25) is 0 Å². The van der Waals surface area contributed by atoms with Gasteiger partial charge in [-0.05, 0) is 42.5 Å². The van der Waals surface area contributed by atoms with E-state index in [9.17, 15) is 0 Å². The van der Waals surface area contributed by atoms with Crippen LogP contribution in [-0.4, -0.2) is 18.3 Å². The SMILES string of the molecule is OCCOc1ccc(CCCc2ccccc2)cc1. The summed E-state index contributed by atoms with van der Waals surface area (Å²) in [7, 11) is 0. The summed E-state index contributed by atoms with van der Waals surface area (Å²) < 4.78 is 5.33. The van der Waals surface area contributed by atoms with E-state index < -0.39 is 0 Å². The van der Waals surface area contributed by atoms with Gasteiger partial charge >= 0.3 is 0 Å². The van der Waals surface area contributed by atoms with Gasteiger partial charge in [-0.1, -0.05) is 42.5 Å². The van der Waals surface area contributed by atoms with E-state index in [-0.39, 0.29) is 6.61 Å². The van der Waals surface area contributed by atoms with Gasteiger partial charge in [0.1, 0.15) is 12.4 Å². The lowest BCUT2D eigenvalue weighted by Crippen LogP contribution is -2.01. The van der Waals surface area contributed by atoms with Gasteiger partial charge in [0.05, 0.1) is 6.61 Å². The molecule has 2 heteroatoms. The van der Waals surface area contributed by atoms with Crippen molar-refractivity contribution >= 4 is 0 Å². The Balaban J connectivity index is 1.77. The number of ether oxygens (including phenoxy) is 1. The van der Waals surface area contributed by atoms with Gasteiger partial charge in [0.15, 0.2) is 0 Å². The Hall–Kier alpha value is -1.80. The molecule has 0 heterocycles. The average molecular weight is 256 g/mol. The number of hydrogen-bond acceptors (Lipinski definition) is 2. The summed E-state index contributed by atoms with van der Waals surface area (Å²) in [6, 6.07) is 18.7. The number of aliphatic hydroxyl groups excluding tert-OH is 1. The molecule has 0 unspecified atom stereocenters. The van der Waals surface area contributed by atoms with E-state index in [4.69, 9.17) is 9.84 Å². The first-order chi connectivity index (χ1) is 9.38. The predicted molar refractivity (Wildman–Crippen MR) is 77.5 cm³/mol. The van der Waals surface area contributed by atoms with E-state index in [1.165, 1.54) is 11.1 Å². The monoisotopic (exact) mass is 256 g/mol. The van der Waals surface area contributed by atoms with E-state index >= 15 is 0 Å². The summed E-state index contributed by atoms with van der Waals surface area (Å²) in [5, 5.41) is 8.68. The van der Waals surface area contributed by atoms with Gasteiger partial charge in [-0.2, -0.15) is 0 Å². The number of aryl methyl sites for hydroxylation is 2. The fourth-order valence-electron chi connectivity index (χ4n) is 2.06. The molecule has 2 aromatic carbocycles. The lowest BCUT2D eigenvalue weighted by atomic mass is 10.0. The quantitative estimate of drug-likeness (QED) is 0.824. The van der Waals surface area contributed by atoms with Crippen molar-refractivity contribution in [1.82, 2.24) is 0 Å². The highest BCUT2D eigenvalue weighted by molar-refractivity contribution is 5.27. The maximum absolute atomic E-state index is 8.68. The van der Waals surface area contributed by atoms with Crippen molar-refractivity contribution in [2.45, 2.75) is 19.3 Å². The number of rotatable bonds is 7. The molecule has 1 N–H and O–H groups in total. The zero-order chi connectivity index (χ0) is 13.3.